The first-order chi connectivity index (χ1) is 7.66. The third kappa shape index (κ3) is 2.33. The largest absolute Gasteiger partial charge is 0.379 e. The van der Waals surface area contributed by atoms with Gasteiger partial charge in [-0.3, -0.25) is 10.4 Å². The molecule has 0 saturated carbocycles. The number of para-hydroxylation sites is 1. The van der Waals surface area contributed by atoms with Crippen molar-refractivity contribution in [3.05, 3.63) is 41.6 Å². The van der Waals surface area contributed by atoms with Crippen LogP contribution in [0.25, 0.3) is 10.9 Å². The number of rotatable bonds is 2. The Morgan fingerprint density at radius 1 is 1.44 bits per heavy atom. The van der Waals surface area contributed by atoms with Crippen LogP contribution in [0.5, 0.6) is 0 Å². The molecule has 0 fully saturated rings. The molecule has 3 nitrogen and oxygen atoms in total. The molecule has 3 N–H and O–H groups in total. The molecule has 1 aromatic carbocycles. The standard InChI is InChI=1S/C12H13N3S/c1-8-6-9(7-16-12(13)14)10-4-2-3-5-11(10)15-8/h2-6H,7H2,1H3,(H3,13,14). The summed E-state index contributed by atoms with van der Waals surface area (Å²) in [5.74, 6) is 0.721. The predicted octanol–water partition coefficient (Wildman–Crippen LogP) is 2.67. The van der Waals surface area contributed by atoms with Gasteiger partial charge in [0.1, 0.15) is 0 Å². The Morgan fingerprint density at radius 3 is 2.94 bits per heavy atom. The van der Waals surface area contributed by atoms with E-state index in [4.69, 9.17) is 11.1 Å². The highest BCUT2D eigenvalue weighted by molar-refractivity contribution is 8.13. The molecule has 0 unspecified atom stereocenters. The maximum Gasteiger partial charge on any atom is 0.151 e. The summed E-state index contributed by atoms with van der Waals surface area (Å²) < 4.78 is 0. The summed E-state index contributed by atoms with van der Waals surface area (Å²) in [5, 5.41) is 8.52. The van der Waals surface area contributed by atoms with E-state index in [-0.39, 0.29) is 5.17 Å². The second-order valence-corrected chi connectivity index (χ2v) is 4.61. The number of nitrogens with zero attached hydrogens (tertiary/aromatic N) is 1. The molecular formula is C12H13N3S. The highest BCUT2D eigenvalue weighted by Crippen LogP contribution is 2.22. The lowest BCUT2D eigenvalue weighted by atomic mass is 10.1. The maximum atomic E-state index is 7.23. The second-order valence-electron chi connectivity index (χ2n) is 3.59. The number of aromatic nitrogens is 1. The molecule has 0 atom stereocenters. The molecule has 2 aromatic rings. The van der Waals surface area contributed by atoms with E-state index in [1.54, 1.807) is 0 Å². The van der Waals surface area contributed by atoms with E-state index in [0.29, 0.717) is 0 Å². The van der Waals surface area contributed by atoms with Gasteiger partial charge >= 0.3 is 0 Å². The van der Waals surface area contributed by atoms with E-state index in [2.05, 4.69) is 17.1 Å². The van der Waals surface area contributed by atoms with Gasteiger partial charge in [-0.15, -0.1) is 0 Å². The van der Waals surface area contributed by atoms with E-state index < -0.39 is 0 Å². The molecule has 4 heteroatoms. The Bertz CT molecular complexity index is 537. The van der Waals surface area contributed by atoms with Crippen LogP contribution in [0.15, 0.2) is 30.3 Å². The monoisotopic (exact) mass is 231 g/mol. The zero-order valence-corrected chi connectivity index (χ0v) is 9.84. The first kappa shape index (κ1) is 11.0. The smallest absolute Gasteiger partial charge is 0.151 e. The van der Waals surface area contributed by atoms with Crippen molar-refractivity contribution in [3.8, 4) is 0 Å². The Labute approximate surface area is 98.6 Å². The number of nitrogens with one attached hydrogen (secondary N) is 1. The predicted molar refractivity (Wildman–Crippen MR) is 69.7 cm³/mol. The van der Waals surface area contributed by atoms with Crippen LogP contribution in [-0.2, 0) is 5.75 Å². The van der Waals surface area contributed by atoms with Gasteiger partial charge in [-0.1, -0.05) is 30.0 Å². The number of amidine groups is 1. The molecule has 0 spiro atoms. The molecule has 0 aliphatic heterocycles. The Balaban J connectivity index is 2.46. The molecule has 0 aliphatic carbocycles. The number of hydrogen-bond acceptors (Lipinski definition) is 3. The van der Waals surface area contributed by atoms with Gasteiger partial charge < -0.3 is 5.73 Å². The van der Waals surface area contributed by atoms with Gasteiger partial charge in [0.05, 0.1) is 5.52 Å². The fraction of sp³-hybridized carbons (Fsp3) is 0.167. The van der Waals surface area contributed by atoms with Gasteiger partial charge in [-0.05, 0) is 24.6 Å². The summed E-state index contributed by atoms with van der Waals surface area (Å²) in [4.78, 5) is 4.47. The molecule has 2 rings (SSSR count). The van der Waals surface area contributed by atoms with Crippen molar-refractivity contribution in [3.63, 3.8) is 0 Å². The fourth-order valence-electron chi connectivity index (χ4n) is 1.67. The van der Waals surface area contributed by atoms with E-state index in [1.165, 1.54) is 17.3 Å². The molecule has 0 amide bonds. The third-order valence-corrected chi connectivity index (χ3v) is 3.08. The number of hydrogen-bond donors (Lipinski definition) is 2. The Hall–Kier alpha value is -1.55. The van der Waals surface area contributed by atoms with Crippen LogP contribution >= 0.6 is 11.8 Å². The molecule has 82 valence electrons. The molecule has 0 radical (unpaired) electrons. The summed E-state index contributed by atoms with van der Waals surface area (Å²) in [5.41, 5.74) is 8.54. The van der Waals surface area contributed by atoms with Gasteiger partial charge in [0, 0.05) is 16.8 Å². The maximum absolute atomic E-state index is 7.23. The fourth-order valence-corrected chi connectivity index (χ4v) is 2.22. The number of pyridine rings is 1. The Morgan fingerprint density at radius 2 is 2.19 bits per heavy atom. The normalized spacial score (nSPS) is 10.6. The average molecular weight is 231 g/mol. The van der Waals surface area contributed by atoms with Gasteiger partial charge in [-0.2, -0.15) is 0 Å². The van der Waals surface area contributed by atoms with Gasteiger partial charge in [0.15, 0.2) is 5.17 Å². The van der Waals surface area contributed by atoms with Crippen molar-refractivity contribution in [2.75, 3.05) is 0 Å². The van der Waals surface area contributed by atoms with Crippen LogP contribution in [0.4, 0.5) is 0 Å². The van der Waals surface area contributed by atoms with Crippen molar-refractivity contribution in [1.29, 1.82) is 5.41 Å². The molecule has 1 aromatic heterocycles. The molecule has 0 saturated heterocycles. The van der Waals surface area contributed by atoms with Crippen molar-refractivity contribution in [2.24, 2.45) is 5.73 Å². The van der Waals surface area contributed by atoms with Crippen molar-refractivity contribution in [2.45, 2.75) is 12.7 Å². The lowest BCUT2D eigenvalue weighted by molar-refractivity contribution is 1.23. The second kappa shape index (κ2) is 4.53. The number of fused-ring (bicyclic) bond motifs is 1. The highest BCUT2D eigenvalue weighted by Gasteiger charge is 2.04. The van der Waals surface area contributed by atoms with Crippen LogP contribution < -0.4 is 5.73 Å². The number of nitrogens with two attached hydrogens (primary N) is 1. The van der Waals surface area contributed by atoms with E-state index in [9.17, 15) is 0 Å². The summed E-state index contributed by atoms with van der Waals surface area (Å²) in [6.07, 6.45) is 0. The number of thioether (sulfide) groups is 1. The average Bonchev–Trinajstić information content (AvgIpc) is 2.25. The van der Waals surface area contributed by atoms with Crippen LogP contribution in [0.3, 0.4) is 0 Å². The zero-order valence-electron chi connectivity index (χ0n) is 9.03. The van der Waals surface area contributed by atoms with Crippen molar-refractivity contribution >= 4 is 27.8 Å². The van der Waals surface area contributed by atoms with Gasteiger partial charge in [0.2, 0.25) is 0 Å². The van der Waals surface area contributed by atoms with E-state index in [0.717, 1.165) is 22.3 Å². The summed E-state index contributed by atoms with van der Waals surface area (Å²) >= 11 is 1.34. The summed E-state index contributed by atoms with van der Waals surface area (Å²) in [6, 6.07) is 10.1. The van der Waals surface area contributed by atoms with Crippen LogP contribution in [0.1, 0.15) is 11.3 Å². The van der Waals surface area contributed by atoms with E-state index in [1.807, 2.05) is 25.1 Å². The Kier molecular flexibility index (Phi) is 3.10. The van der Waals surface area contributed by atoms with Crippen molar-refractivity contribution < 1.29 is 0 Å². The molecule has 16 heavy (non-hydrogen) atoms. The van der Waals surface area contributed by atoms with Crippen LogP contribution in [0, 0.1) is 12.3 Å². The third-order valence-electron chi connectivity index (χ3n) is 2.31. The lowest BCUT2D eigenvalue weighted by Crippen LogP contribution is -2.04. The van der Waals surface area contributed by atoms with E-state index >= 15 is 0 Å². The molecular weight excluding hydrogens is 218 g/mol. The SMILES string of the molecule is Cc1cc(CSC(=N)N)c2ccccc2n1. The lowest BCUT2D eigenvalue weighted by Gasteiger charge is -2.06. The minimum absolute atomic E-state index is 0.151. The van der Waals surface area contributed by atoms with Gasteiger partial charge in [0.25, 0.3) is 0 Å². The summed E-state index contributed by atoms with van der Waals surface area (Å²) in [7, 11) is 0. The first-order valence-corrected chi connectivity index (χ1v) is 5.97. The quantitative estimate of drug-likeness (QED) is 0.617. The highest BCUT2D eigenvalue weighted by atomic mass is 32.2. The topological polar surface area (TPSA) is 62.8 Å². The van der Waals surface area contributed by atoms with Gasteiger partial charge in [-0.25, -0.2) is 0 Å². The number of benzene rings is 1. The molecule has 1 heterocycles. The zero-order chi connectivity index (χ0) is 11.5. The number of aryl methyl sites for hydroxylation is 1. The molecule has 0 bridgehead atoms. The van der Waals surface area contributed by atoms with Crippen molar-refractivity contribution in [1.82, 2.24) is 4.98 Å². The summed E-state index contributed by atoms with van der Waals surface area (Å²) in [6.45, 7) is 1.98. The van der Waals surface area contributed by atoms with Crippen LogP contribution in [0.2, 0.25) is 0 Å². The van der Waals surface area contributed by atoms with Crippen LogP contribution in [-0.4, -0.2) is 10.2 Å². The first-order valence-electron chi connectivity index (χ1n) is 4.99. The minimum Gasteiger partial charge on any atom is -0.379 e. The minimum atomic E-state index is 0.151. The molecule has 0 aliphatic rings.